The third kappa shape index (κ3) is 3.77. The van der Waals surface area contributed by atoms with Crippen LogP contribution in [0.2, 0.25) is 0 Å². The van der Waals surface area contributed by atoms with Gasteiger partial charge in [0.15, 0.2) is 0 Å². The van der Waals surface area contributed by atoms with Crippen molar-refractivity contribution < 1.29 is 9.90 Å². The number of hydrogen-bond acceptors (Lipinski definition) is 1. The van der Waals surface area contributed by atoms with Crippen LogP contribution in [0.3, 0.4) is 0 Å². The Morgan fingerprint density at radius 1 is 1.29 bits per heavy atom. The number of nitrogens with one attached hydrogen (secondary N) is 1. The monoisotopic (exact) mass is 235 g/mol. The normalized spacial score (nSPS) is 11.4. The van der Waals surface area contributed by atoms with E-state index < -0.39 is 11.6 Å². The molecule has 1 aromatic rings. The van der Waals surface area contributed by atoms with Crippen molar-refractivity contribution in [2.45, 2.75) is 46.6 Å². The summed E-state index contributed by atoms with van der Waals surface area (Å²) in [6, 6.07) is 4.28. The Morgan fingerprint density at radius 2 is 1.88 bits per heavy atom. The van der Waals surface area contributed by atoms with Gasteiger partial charge in [0.05, 0.1) is 0 Å². The lowest BCUT2D eigenvalue weighted by atomic mass is 9.89. The van der Waals surface area contributed by atoms with Gasteiger partial charge in [-0.3, -0.25) is 0 Å². The number of rotatable bonds is 3. The summed E-state index contributed by atoms with van der Waals surface area (Å²) in [7, 11) is 0. The lowest BCUT2D eigenvalue weighted by Crippen LogP contribution is -2.44. The molecule has 17 heavy (non-hydrogen) atoms. The molecule has 0 aliphatic carbocycles. The summed E-state index contributed by atoms with van der Waals surface area (Å²) < 4.78 is 0. The Bertz CT molecular complexity index is 436. The Balaban J connectivity index is 2.98. The minimum atomic E-state index is -0.975. The second kappa shape index (κ2) is 4.78. The second-order valence-corrected chi connectivity index (χ2v) is 5.36. The van der Waals surface area contributed by atoms with Gasteiger partial charge in [0, 0.05) is 5.54 Å². The number of aryl methyl sites for hydroxylation is 2. The third-order valence-electron chi connectivity index (χ3n) is 3.00. The highest BCUT2D eigenvalue weighted by molar-refractivity contribution is 5.65. The SMILES string of the molecule is Cc1cc(C)c(C)c(CC(C)(C)NC(=O)O)c1. The van der Waals surface area contributed by atoms with Gasteiger partial charge in [-0.15, -0.1) is 0 Å². The maximum absolute atomic E-state index is 10.7. The van der Waals surface area contributed by atoms with Crippen molar-refractivity contribution in [2.75, 3.05) is 0 Å². The smallest absolute Gasteiger partial charge is 0.405 e. The molecule has 0 bridgehead atoms. The molecule has 0 fully saturated rings. The van der Waals surface area contributed by atoms with E-state index in [1.54, 1.807) is 0 Å². The molecule has 94 valence electrons. The molecule has 3 heteroatoms. The quantitative estimate of drug-likeness (QED) is 0.845. The molecule has 1 rings (SSSR count). The predicted octanol–water partition coefficient (Wildman–Crippen LogP) is 3.20. The van der Waals surface area contributed by atoms with Crippen molar-refractivity contribution >= 4 is 6.09 Å². The van der Waals surface area contributed by atoms with Crippen molar-refractivity contribution in [3.63, 3.8) is 0 Å². The second-order valence-electron chi connectivity index (χ2n) is 5.36. The first-order chi connectivity index (χ1) is 7.71. The van der Waals surface area contributed by atoms with Crippen LogP contribution in [0.25, 0.3) is 0 Å². The fourth-order valence-corrected chi connectivity index (χ4v) is 2.12. The number of carbonyl (C=O) groups is 1. The van der Waals surface area contributed by atoms with Crippen LogP contribution in [0.5, 0.6) is 0 Å². The van der Waals surface area contributed by atoms with E-state index in [4.69, 9.17) is 5.11 Å². The van der Waals surface area contributed by atoms with Gasteiger partial charge in [-0.1, -0.05) is 17.7 Å². The van der Waals surface area contributed by atoms with Gasteiger partial charge < -0.3 is 10.4 Å². The molecular formula is C14H21NO2. The van der Waals surface area contributed by atoms with Crippen molar-refractivity contribution in [1.82, 2.24) is 5.32 Å². The zero-order chi connectivity index (χ0) is 13.2. The Morgan fingerprint density at radius 3 is 2.41 bits per heavy atom. The number of carboxylic acid groups (broad SMARTS) is 1. The maximum Gasteiger partial charge on any atom is 0.405 e. The van der Waals surface area contributed by atoms with E-state index in [2.05, 4.69) is 38.2 Å². The topological polar surface area (TPSA) is 49.3 Å². The summed E-state index contributed by atoms with van der Waals surface area (Å²) in [5.41, 5.74) is 4.48. The summed E-state index contributed by atoms with van der Waals surface area (Å²) >= 11 is 0. The first-order valence-electron chi connectivity index (χ1n) is 5.79. The van der Waals surface area contributed by atoms with Crippen molar-refractivity contribution in [3.8, 4) is 0 Å². The lowest BCUT2D eigenvalue weighted by Gasteiger charge is -2.26. The van der Waals surface area contributed by atoms with Crippen LogP contribution in [0.4, 0.5) is 4.79 Å². The molecule has 0 aliphatic rings. The van der Waals surface area contributed by atoms with E-state index in [0.29, 0.717) is 6.42 Å². The Labute approximate surface area is 103 Å². The van der Waals surface area contributed by atoms with Crippen LogP contribution in [-0.4, -0.2) is 16.7 Å². The minimum absolute atomic E-state index is 0.448. The standard InChI is InChI=1S/C14H21NO2/c1-9-6-10(2)11(3)12(7-9)8-14(4,5)15-13(16)17/h6-7,15H,8H2,1-5H3,(H,16,17). The highest BCUT2D eigenvalue weighted by Gasteiger charge is 2.21. The maximum atomic E-state index is 10.7. The molecule has 0 aromatic heterocycles. The molecule has 1 aromatic carbocycles. The number of hydrogen-bond donors (Lipinski definition) is 2. The first-order valence-corrected chi connectivity index (χ1v) is 5.79. The average molecular weight is 235 g/mol. The Kier molecular flexibility index (Phi) is 3.81. The zero-order valence-corrected chi connectivity index (χ0v) is 11.2. The summed E-state index contributed by atoms with van der Waals surface area (Å²) in [5, 5.41) is 11.3. The number of amides is 1. The van der Waals surface area contributed by atoms with E-state index in [1.807, 2.05) is 13.8 Å². The van der Waals surface area contributed by atoms with Gasteiger partial charge in [0.1, 0.15) is 0 Å². The highest BCUT2D eigenvalue weighted by Crippen LogP contribution is 2.21. The van der Waals surface area contributed by atoms with E-state index >= 15 is 0 Å². The van der Waals surface area contributed by atoms with Crippen LogP contribution in [0, 0.1) is 20.8 Å². The molecule has 0 spiro atoms. The van der Waals surface area contributed by atoms with Crippen LogP contribution in [0.1, 0.15) is 36.1 Å². The average Bonchev–Trinajstić information content (AvgIpc) is 2.10. The predicted molar refractivity (Wildman–Crippen MR) is 69.6 cm³/mol. The van der Waals surface area contributed by atoms with E-state index in [1.165, 1.54) is 22.3 Å². The largest absolute Gasteiger partial charge is 0.465 e. The van der Waals surface area contributed by atoms with Gasteiger partial charge in [-0.05, 0) is 57.7 Å². The van der Waals surface area contributed by atoms with Crippen molar-refractivity contribution in [3.05, 3.63) is 34.4 Å². The molecule has 1 amide bonds. The molecule has 0 radical (unpaired) electrons. The molecule has 0 aliphatic heterocycles. The summed E-state index contributed by atoms with van der Waals surface area (Å²) in [5.74, 6) is 0. The molecule has 0 heterocycles. The van der Waals surface area contributed by atoms with E-state index in [0.717, 1.165) is 0 Å². The molecule has 3 nitrogen and oxygen atoms in total. The van der Waals surface area contributed by atoms with Gasteiger partial charge in [-0.25, -0.2) is 4.79 Å². The number of benzene rings is 1. The highest BCUT2D eigenvalue weighted by atomic mass is 16.4. The van der Waals surface area contributed by atoms with E-state index in [-0.39, 0.29) is 0 Å². The van der Waals surface area contributed by atoms with Crippen molar-refractivity contribution in [2.24, 2.45) is 0 Å². The Hall–Kier alpha value is -1.51. The summed E-state index contributed by atoms with van der Waals surface area (Å²) in [6.07, 6.45) is -0.273. The van der Waals surface area contributed by atoms with Crippen LogP contribution >= 0.6 is 0 Å². The summed E-state index contributed by atoms with van der Waals surface area (Å²) in [6.45, 7) is 10.0. The van der Waals surface area contributed by atoms with E-state index in [9.17, 15) is 4.79 Å². The molecular weight excluding hydrogens is 214 g/mol. The molecule has 0 saturated carbocycles. The molecule has 0 unspecified atom stereocenters. The zero-order valence-electron chi connectivity index (χ0n) is 11.2. The van der Waals surface area contributed by atoms with Crippen molar-refractivity contribution in [1.29, 1.82) is 0 Å². The third-order valence-corrected chi connectivity index (χ3v) is 3.00. The van der Waals surface area contributed by atoms with Gasteiger partial charge >= 0.3 is 6.09 Å². The van der Waals surface area contributed by atoms with Crippen LogP contribution in [0.15, 0.2) is 12.1 Å². The van der Waals surface area contributed by atoms with Gasteiger partial charge in [0.25, 0.3) is 0 Å². The minimum Gasteiger partial charge on any atom is -0.465 e. The van der Waals surface area contributed by atoms with Crippen LogP contribution in [-0.2, 0) is 6.42 Å². The first kappa shape index (κ1) is 13.6. The van der Waals surface area contributed by atoms with Crippen LogP contribution < -0.4 is 5.32 Å². The fraction of sp³-hybridized carbons (Fsp3) is 0.500. The molecule has 0 saturated heterocycles. The fourth-order valence-electron chi connectivity index (χ4n) is 2.12. The summed E-state index contributed by atoms with van der Waals surface area (Å²) in [4.78, 5) is 10.7. The molecule has 2 N–H and O–H groups in total. The lowest BCUT2D eigenvalue weighted by molar-refractivity contribution is 0.182. The van der Waals surface area contributed by atoms with Gasteiger partial charge in [-0.2, -0.15) is 0 Å². The molecule has 0 atom stereocenters. The van der Waals surface area contributed by atoms with Gasteiger partial charge in [0.2, 0.25) is 0 Å².